The molecule has 1 aromatic rings. The Kier molecular flexibility index (Phi) is 3.27. The number of hydrogen-bond donors (Lipinski definition) is 0. The van der Waals surface area contributed by atoms with E-state index in [0.29, 0.717) is 5.33 Å². The highest BCUT2D eigenvalue weighted by atomic mass is 79.9. The third kappa shape index (κ3) is 2.14. The van der Waals surface area contributed by atoms with E-state index < -0.39 is 0 Å². The summed E-state index contributed by atoms with van der Waals surface area (Å²) in [4.78, 5) is 10.5. The van der Waals surface area contributed by atoms with Crippen LogP contribution < -0.4 is 0 Å². The van der Waals surface area contributed by atoms with Gasteiger partial charge in [-0.15, -0.1) is 0 Å². The van der Waals surface area contributed by atoms with Gasteiger partial charge < -0.3 is 0 Å². The number of carbonyl (C=O) groups excluding carboxylic acids is 1. The summed E-state index contributed by atoms with van der Waals surface area (Å²) in [5.41, 5.74) is 1.75. The molecule has 0 radical (unpaired) electrons. The zero-order valence-corrected chi connectivity index (χ0v) is 8.85. The van der Waals surface area contributed by atoms with Crippen LogP contribution in [0, 0.1) is 0 Å². The molecule has 0 amide bonds. The van der Waals surface area contributed by atoms with Gasteiger partial charge in [-0.25, -0.2) is 0 Å². The number of aldehydes is 1. The lowest BCUT2D eigenvalue weighted by Crippen LogP contribution is -1.87. The molecule has 0 N–H and O–H groups in total. The van der Waals surface area contributed by atoms with Crippen molar-refractivity contribution in [3.05, 3.63) is 33.8 Å². The third-order valence-corrected chi connectivity index (χ3v) is 2.47. The molecule has 0 saturated heterocycles. The zero-order chi connectivity index (χ0) is 8.27. The SMILES string of the molecule is O=Cc1ccc(Br)cc1CBr. The number of alkyl halides is 1. The molecule has 1 aromatic carbocycles. The van der Waals surface area contributed by atoms with Crippen LogP contribution in [-0.4, -0.2) is 6.29 Å². The van der Waals surface area contributed by atoms with Crippen molar-refractivity contribution in [3.8, 4) is 0 Å². The fraction of sp³-hybridized carbons (Fsp3) is 0.125. The third-order valence-electron chi connectivity index (χ3n) is 1.38. The summed E-state index contributed by atoms with van der Waals surface area (Å²) < 4.78 is 0.998. The maximum Gasteiger partial charge on any atom is 0.150 e. The summed E-state index contributed by atoms with van der Waals surface area (Å²) in [6.45, 7) is 0. The summed E-state index contributed by atoms with van der Waals surface area (Å²) in [6, 6.07) is 5.59. The molecule has 0 bridgehead atoms. The minimum atomic E-state index is 0.709. The Balaban J connectivity index is 3.16. The van der Waals surface area contributed by atoms with Crippen LogP contribution in [0.4, 0.5) is 0 Å². The van der Waals surface area contributed by atoms with Crippen LogP contribution in [0.5, 0.6) is 0 Å². The predicted octanol–water partition coefficient (Wildman–Crippen LogP) is 3.16. The maximum atomic E-state index is 10.5. The van der Waals surface area contributed by atoms with Gasteiger partial charge in [0.25, 0.3) is 0 Å². The quantitative estimate of drug-likeness (QED) is 0.600. The van der Waals surface area contributed by atoms with Gasteiger partial charge in [0, 0.05) is 15.4 Å². The Morgan fingerprint density at radius 2 is 2.18 bits per heavy atom. The highest BCUT2D eigenvalue weighted by molar-refractivity contribution is 9.10. The number of rotatable bonds is 2. The molecule has 1 rings (SSSR count). The van der Waals surface area contributed by atoms with Gasteiger partial charge in [0.15, 0.2) is 0 Å². The minimum Gasteiger partial charge on any atom is -0.298 e. The van der Waals surface area contributed by atoms with Crippen LogP contribution in [0.15, 0.2) is 22.7 Å². The Bertz CT molecular complexity index is 271. The summed E-state index contributed by atoms with van der Waals surface area (Å²) >= 11 is 6.63. The van der Waals surface area contributed by atoms with Crippen molar-refractivity contribution in [2.45, 2.75) is 5.33 Å². The molecular formula is C8H6Br2O. The lowest BCUT2D eigenvalue weighted by atomic mass is 10.1. The Morgan fingerprint density at radius 3 is 2.73 bits per heavy atom. The van der Waals surface area contributed by atoms with Gasteiger partial charge in [-0.1, -0.05) is 37.9 Å². The van der Waals surface area contributed by atoms with Crippen LogP contribution >= 0.6 is 31.9 Å². The second-order valence-electron chi connectivity index (χ2n) is 2.09. The fourth-order valence-electron chi connectivity index (χ4n) is 0.805. The monoisotopic (exact) mass is 276 g/mol. The van der Waals surface area contributed by atoms with Gasteiger partial charge in [0.1, 0.15) is 6.29 Å². The first-order valence-corrected chi connectivity index (χ1v) is 4.99. The molecule has 0 spiro atoms. The van der Waals surface area contributed by atoms with Crippen molar-refractivity contribution in [3.63, 3.8) is 0 Å². The van der Waals surface area contributed by atoms with Crippen molar-refractivity contribution >= 4 is 38.1 Å². The van der Waals surface area contributed by atoms with Crippen molar-refractivity contribution in [1.29, 1.82) is 0 Å². The summed E-state index contributed by atoms with van der Waals surface area (Å²) in [7, 11) is 0. The van der Waals surface area contributed by atoms with Gasteiger partial charge in [0.2, 0.25) is 0 Å². The second kappa shape index (κ2) is 4.02. The maximum absolute atomic E-state index is 10.5. The molecule has 0 unspecified atom stereocenters. The molecule has 0 aliphatic heterocycles. The molecule has 0 saturated carbocycles. The fourth-order valence-corrected chi connectivity index (χ4v) is 1.70. The van der Waals surface area contributed by atoms with Crippen molar-refractivity contribution in [2.75, 3.05) is 0 Å². The first kappa shape index (κ1) is 8.94. The van der Waals surface area contributed by atoms with E-state index in [9.17, 15) is 4.79 Å². The molecule has 11 heavy (non-hydrogen) atoms. The number of carbonyl (C=O) groups is 1. The number of hydrogen-bond acceptors (Lipinski definition) is 1. The molecule has 3 heteroatoms. The first-order valence-electron chi connectivity index (χ1n) is 3.07. The van der Waals surface area contributed by atoms with E-state index in [-0.39, 0.29) is 0 Å². The first-order chi connectivity index (χ1) is 5.27. The average Bonchev–Trinajstić information content (AvgIpc) is 2.04. The molecule has 0 atom stereocenters. The summed E-state index contributed by atoms with van der Waals surface area (Å²) in [5, 5.41) is 0.709. The van der Waals surface area contributed by atoms with E-state index in [2.05, 4.69) is 31.9 Å². The average molecular weight is 278 g/mol. The molecule has 1 nitrogen and oxygen atoms in total. The Labute approximate surface area is 82.1 Å². The highest BCUT2D eigenvalue weighted by Crippen LogP contribution is 2.17. The van der Waals surface area contributed by atoms with Crippen LogP contribution in [0.1, 0.15) is 15.9 Å². The second-order valence-corrected chi connectivity index (χ2v) is 3.57. The van der Waals surface area contributed by atoms with E-state index in [0.717, 1.165) is 21.9 Å². The number of benzene rings is 1. The van der Waals surface area contributed by atoms with E-state index in [1.807, 2.05) is 12.1 Å². The van der Waals surface area contributed by atoms with E-state index in [1.165, 1.54) is 0 Å². The van der Waals surface area contributed by atoms with Gasteiger partial charge in [-0.3, -0.25) is 4.79 Å². The van der Waals surface area contributed by atoms with Gasteiger partial charge in [0.05, 0.1) is 0 Å². The smallest absolute Gasteiger partial charge is 0.150 e. The lowest BCUT2D eigenvalue weighted by molar-refractivity contribution is 0.112. The zero-order valence-electron chi connectivity index (χ0n) is 5.68. The Hall–Kier alpha value is -0.150. The standard InChI is InChI=1S/C8H6Br2O/c9-4-7-3-8(10)2-1-6(7)5-11/h1-3,5H,4H2. The molecule has 0 aliphatic carbocycles. The largest absolute Gasteiger partial charge is 0.298 e. The normalized spacial score (nSPS) is 9.64. The molecule has 0 aliphatic rings. The van der Waals surface area contributed by atoms with Crippen LogP contribution in [0.2, 0.25) is 0 Å². The van der Waals surface area contributed by atoms with Crippen molar-refractivity contribution in [1.82, 2.24) is 0 Å². The highest BCUT2D eigenvalue weighted by Gasteiger charge is 1.99. The van der Waals surface area contributed by atoms with Crippen molar-refractivity contribution in [2.24, 2.45) is 0 Å². The van der Waals surface area contributed by atoms with Crippen LogP contribution in [-0.2, 0) is 5.33 Å². The van der Waals surface area contributed by atoms with Crippen LogP contribution in [0.3, 0.4) is 0 Å². The summed E-state index contributed by atoms with van der Waals surface area (Å²) in [6.07, 6.45) is 0.864. The van der Waals surface area contributed by atoms with E-state index in [4.69, 9.17) is 0 Å². The molecular weight excluding hydrogens is 272 g/mol. The van der Waals surface area contributed by atoms with E-state index >= 15 is 0 Å². The predicted molar refractivity (Wildman–Crippen MR) is 52.2 cm³/mol. The van der Waals surface area contributed by atoms with E-state index in [1.54, 1.807) is 6.07 Å². The lowest BCUT2D eigenvalue weighted by Gasteiger charge is -1.99. The van der Waals surface area contributed by atoms with Crippen molar-refractivity contribution < 1.29 is 4.79 Å². The molecule has 0 fully saturated rings. The van der Waals surface area contributed by atoms with Crippen LogP contribution in [0.25, 0.3) is 0 Å². The van der Waals surface area contributed by atoms with Gasteiger partial charge in [-0.05, 0) is 17.7 Å². The topological polar surface area (TPSA) is 17.1 Å². The minimum absolute atomic E-state index is 0.709. The Morgan fingerprint density at radius 1 is 1.45 bits per heavy atom. The van der Waals surface area contributed by atoms with Gasteiger partial charge in [-0.2, -0.15) is 0 Å². The number of halogens is 2. The van der Waals surface area contributed by atoms with Gasteiger partial charge >= 0.3 is 0 Å². The molecule has 0 heterocycles. The molecule has 58 valence electrons. The molecule has 0 aromatic heterocycles. The summed E-state index contributed by atoms with van der Waals surface area (Å²) in [5.74, 6) is 0.